The number of esters is 1. The fraction of sp³-hybridized carbons (Fsp3) is 0.333. The van der Waals surface area contributed by atoms with Gasteiger partial charge in [0.25, 0.3) is 5.91 Å². The van der Waals surface area contributed by atoms with Crippen molar-refractivity contribution in [2.24, 2.45) is 11.8 Å². The van der Waals surface area contributed by atoms with Gasteiger partial charge in [-0.3, -0.25) is 19.7 Å². The number of nitrogens with zero attached hydrogens (tertiary/aromatic N) is 2. The van der Waals surface area contributed by atoms with Gasteiger partial charge in [-0.1, -0.05) is 87.0 Å². The highest BCUT2D eigenvalue weighted by molar-refractivity contribution is 6.01. The van der Waals surface area contributed by atoms with Gasteiger partial charge in [-0.15, -0.1) is 0 Å². The molecular weight excluding hydrogens is 652 g/mol. The number of cyclic esters (lactones) is 1. The van der Waals surface area contributed by atoms with Crippen LogP contribution in [0.2, 0.25) is 0 Å². The molecule has 1 unspecified atom stereocenters. The number of ketones is 1. The monoisotopic (exact) mass is 694 g/mol. The van der Waals surface area contributed by atoms with Crippen LogP contribution in [0.15, 0.2) is 101 Å². The zero-order valence-electron chi connectivity index (χ0n) is 29.1. The second-order valence-corrected chi connectivity index (χ2v) is 12.9. The predicted molar refractivity (Wildman–Crippen MR) is 190 cm³/mol. The van der Waals surface area contributed by atoms with E-state index in [1.165, 1.54) is 11.0 Å². The number of carbonyl (C=O) groups is 5. The van der Waals surface area contributed by atoms with Gasteiger partial charge in [-0.2, -0.15) is 0 Å². The number of benzene rings is 2. The molecule has 3 aromatic rings. The van der Waals surface area contributed by atoms with Gasteiger partial charge in [0.2, 0.25) is 11.8 Å². The maximum Gasteiger partial charge on any atom is 0.412 e. The molecule has 12 heteroatoms. The molecule has 5 rings (SSSR count). The number of nitrogens with one attached hydrogen (secondary N) is 2. The van der Waals surface area contributed by atoms with E-state index in [1.807, 2.05) is 57.2 Å². The number of oxazole rings is 1. The predicted octanol–water partition coefficient (Wildman–Crippen LogP) is 6.07. The number of hydrogen-bond acceptors (Lipinski definition) is 9. The van der Waals surface area contributed by atoms with Gasteiger partial charge in [-0.05, 0) is 42.9 Å². The van der Waals surface area contributed by atoms with Gasteiger partial charge in [0.1, 0.15) is 30.0 Å². The van der Waals surface area contributed by atoms with Crippen molar-refractivity contribution in [1.82, 2.24) is 15.2 Å². The maximum atomic E-state index is 13.5. The summed E-state index contributed by atoms with van der Waals surface area (Å²) in [4.78, 5) is 71.3. The summed E-state index contributed by atoms with van der Waals surface area (Å²) in [6.07, 6.45) is 8.68. The molecular formula is C39H42N4O8. The van der Waals surface area contributed by atoms with E-state index >= 15 is 0 Å². The van der Waals surface area contributed by atoms with Crippen molar-refractivity contribution < 1.29 is 37.9 Å². The SMILES string of the molecule is CC1=C\[C@@H](OC(=O)Nc2cccc3ccccc23)CC(=O)Cc2nc(co2)C(=O)N2CCC=C2C(=O)OC(C(C)C)[C@H](C)/C=C/C(=O)NC\C=C\1. The molecule has 0 saturated carbocycles. The van der Waals surface area contributed by atoms with Crippen LogP contribution in [0.25, 0.3) is 10.8 Å². The first-order valence-electron chi connectivity index (χ1n) is 16.9. The van der Waals surface area contributed by atoms with Crippen LogP contribution in [0, 0.1) is 11.8 Å². The molecule has 0 aliphatic carbocycles. The van der Waals surface area contributed by atoms with Crippen LogP contribution in [0.4, 0.5) is 10.5 Å². The largest absolute Gasteiger partial charge is 0.457 e. The van der Waals surface area contributed by atoms with Crippen molar-refractivity contribution in [3.8, 4) is 0 Å². The van der Waals surface area contributed by atoms with E-state index in [4.69, 9.17) is 13.9 Å². The van der Waals surface area contributed by atoms with Crippen LogP contribution in [0.1, 0.15) is 56.9 Å². The first-order valence-corrected chi connectivity index (χ1v) is 16.9. The number of hydrogen-bond donors (Lipinski definition) is 2. The lowest BCUT2D eigenvalue weighted by molar-refractivity contribution is -0.149. The third kappa shape index (κ3) is 9.68. The standard InChI is InChI=1S/C39H42N4O8/c1-24(2)36-26(4)16-17-34(45)40-18-8-10-25(3)20-29(50-39(48)42-31-14-7-12-27-11-5-6-13-30(27)31)21-28(44)22-35-41-32(23-49-35)37(46)43-19-9-15-33(43)38(47)51-36/h5-8,10-17,20,23-24,26,29,36H,9,18-19,21-22H2,1-4H3,(H,40,45)(H,42,48)/b10-8+,17-16+,25-20+/t26-,29-,36?/m1/s1. The van der Waals surface area contributed by atoms with Crippen LogP contribution >= 0.6 is 0 Å². The molecule has 2 bridgehead atoms. The zero-order valence-corrected chi connectivity index (χ0v) is 29.1. The minimum atomic E-state index is -0.967. The van der Waals surface area contributed by atoms with Gasteiger partial charge < -0.3 is 24.1 Å². The lowest BCUT2D eigenvalue weighted by atomic mass is 9.94. The third-order valence-electron chi connectivity index (χ3n) is 8.46. The molecule has 0 saturated heterocycles. The number of carbonyl (C=O) groups excluding carboxylic acids is 5. The molecule has 0 spiro atoms. The molecule has 12 nitrogen and oxygen atoms in total. The Kier molecular flexibility index (Phi) is 12.0. The molecule has 2 N–H and O–H groups in total. The van der Waals surface area contributed by atoms with Crippen molar-refractivity contribution >= 4 is 46.1 Å². The number of Topliss-reactive ketones (excluding diaryl/α,β-unsaturated/α-hetero) is 1. The van der Waals surface area contributed by atoms with E-state index in [-0.39, 0.29) is 66.7 Å². The van der Waals surface area contributed by atoms with Crippen LogP contribution in [-0.2, 0) is 30.3 Å². The van der Waals surface area contributed by atoms with Crippen LogP contribution in [0.5, 0.6) is 0 Å². The van der Waals surface area contributed by atoms with E-state index in [1.54, 1.807) is 43.4 Å². The number of allylic oxidation sites excluding steroid dienone is 2. The topological polar surface area (TPSA) is 157 Å². The number of anilines is 1. The Morgan fingerprint density at radius 3 is 2.67 bits per heavy atom. The van der Waals surface area contributed by atoms with Gasteiger partial charge in [0, 0.05) is 30.8 Å². The molecule has 3 amide bonds. The lowest BCUT2D eigenvalue weighted by Gasteiger charge is -2.27. The number of ether oxygens (including phenoxy) is 2. The molecule has 0 radical (unpaired) electrons. The Hall–Kier alpha value is -5.78. The summed E-state index contributed by atoms with van der Waals surface area (Å²) < 4.78 is 17.1. The van der Waals surface area contributed by atoms with E-state index in [9.17, 15) is 24.0 Å². The Labute approximate surface area is 296 Å². The second kappa shape index (κ2) is 16.8. The molecule has 1 aromatic heterocycles. The van der Waals surface area contributed by atoms with Crippen molar-refractivity contribution in [3.63, 3.8) is 0 Å². The Morgan fingerprint density at radius 1 is 1.08 bits per heavy atom. The van der Waals surface area contributed by atoms with E-state index in [0.29, 0.717) is 17.7 Å². The minimum Gasteiger partial charge on any atom is -0.457 e. The molecule has 0 fully saturated rings. The quantitative estimate of drug-likeness (QED) is 0.311. The van der Waals surface area contributed by atoms with Gasteiger partial charge in [-0.25, -0.2) is 14.6 Å². The molecule has 2 aliphatic heterocycles. The number of rotatable bonds is 3. The fourth-order valence-electron chi connectivity index (χ4n) is 6.00. The van der Waals surface area contributed by atoms with E-state index in [0.717, 1.165) is 17.0 Å². The van der Waals surface area contributed by atoms with Crippen molar-refractivity contribution in [2.75, 3.05) is 18.4 Å². The summed E-state index contributed by atoms with van der Waals surface area (Å²) in [5.74, 6) is -2.31. The van der Waals surface area contributed by atoms with Crippen molar-refractivity contribution in [2.45, 2.75) is 59.2 Å². The molecule has 266 valence electrons. The summed E-state index contributed by atoms with van der Waals surface area (Å²) in [6, 6.07) is 13.1. The normalized spacial score (nSPS) is 23.4. The third-order valence-corrected chi connectivity index (χ3v) is 8.46. The van der Waals surface area contributed by atoms with Crippen LogP contribution < -0.4 is 10.6 Å². The maximum absolute atomic E-state index is 13.5. The van der Waals surface area contributed by atoms with E-state index in [2.05, 4.69) is 15.6 Å². The fourth-order valence-corrected chi connectivity index (χ4v) is 6.00. The van der Waals surface area contributed by atoms with Gasteiger partial charge in [0.05, 0.1) is 12.1 Å². The average Bonchev–Trinajstić information content (AvgIpc) is 3.78. The van der Waals surface area contributed by atoms with Gasteiger partial charge >= 0.3 is 12.1 Å². The summed E-state index contributed by atoms with van der Waals surface area (Å²) in [7, 11) is 0. The second-order valence-electron chi connectivity index (χ2n) is 12.9. The number of amides is 3. The summed E-state index contributed by atoms with van der Waals surface area (Å²) >= 11 is 0. The highest BCUT2D eigenvalue weighted by Crippen LogP contribution is 2.26. The zero-order chi connectivity index (χ0) is 36.5. The van der Waals surface area contributed by atoms with Gasteiger partial charge in [0.15, 0.2) is 5.69 Å². The Balaban J connectivity index is 1.38. The van der Waals surface area contributed by atoms with Crippen LogP contribution in [-0.4, -0.2) is 64.8 Å². The summed E-state index contributed by atoms with van der Waals surface area (Å²) in [6.45, 7) is 7.90. The number of fused-ring (bicyclic) bond motifs is 4. The molecule has 2 aromatic carbocycles. The first kappa shape index (κ1) is 36.5. The summed E-state index contributed by atoms with van der Waals surface area (Å²) in [5, 5.41) is 7.33. The van der Waals surface area contributed by atoms with Crippen molar-refractivity contribution in [3.05, 3.63) is 108 Å². The molecule has 3 heterocycles. The number of aromatic nitrogens is 1. The Bertz CT molecular complexity index is 1910. The lowest BCUT2D eigenvalue weighted by Crippen LogP contribution is -2.36. The molecule has 51 heavy (non-hydrogen) atoms. The van der Waals surface area contributed by atoms with E-state index < -0.39 is 30.2 Å². The first-order chi connectivity index (χ1) is 24.5. The smallest absolute Gasteiger partial charge is 0.412 e. The summed E-state index contributed by atoms with van der Waals surface area (Å²) in [5.41, 5.74) is 1.26. The molecule has 2 aliphatic rings. The molecule has 3 atom stereocenters. The minimum absolute atomic E-state index is 0.00447. The van der Waals surface area contributed by atoms with Crippen molar-refractivity contribution in [1.29, 1.82) is 0 Å². The highest BCUT2D eigenvalue weighted by Gasteiger charge is 2.33. The highest BCUT2D eigenvalue weighted by atomic mass is 16.6. The Morgan fingerprint density at radius 2 is 1.86 bits per heavy atom. The average molecular weight is 695 g/mol. The van der Waals surface area contributed by atoms with Crippen LogP contribution in [0.3, 0.4) is 0 Å².